The topological polar surface area (TPSA) is 60.0 Å². The third-order valence-corrected chi connectivity index (χ3v) is 3.42. The molecule has 1 rings (SSSR count). The van der Waals surface area contributed by atoms with E-state index in [-0.39, 0.29) is 12.1 Å². The molecule has 0 saturated carbocycles. The van der Waals surface area contributed by atoms with Gasteiger partial charge >= 0.3 is 0 Å². The molecule has 1 aromatic carbocycles. The summed E-state index contributed by atoms with van der Waals surface area (Å²) in [6.07, 6.45) is 1.70. The Morgan fingerprint density at radius 2 is 1.67 bits per heavy atom. The average Bonchev–Trinajstić information content (AvgIpc) is 2.51. The quantitative estimate of drug-likeness (QED) is 0.649. The zero-order valence-electron chi connectivity index (χ0n) is 13.4. The summed E-state index contributed by atoms with van der Waals surface area (Å²) in [7, 11) is 3.23. The van der Waals surface area contributed by atoms with Crippen LogP contribution < -0.4 is 19.5 Å². The number of likely N-dealkylation sites (N-methyl/N-ethyl adjacent to an activating group) is 1. The van der Waals surface area contributed by atoms with Gasteiger partial charge < -0.3 is 24.6 Å². The highest BCUT2D eigenvalue weighted by molar-refractivity contribution is 5.41. The van der Waals surface area contributed by atoms with E-state index in [1.165, 1.54) is 0 Å². The Morgan fingerprint density at radius 1 is 1.10 bits per heavy atom. The van der Waals surface area contributed by atoms with Crippen LogP contribution in [-0.2, 0) is 0 Å². The number of hydrogen-bond donors (Lipinski definition) is 2. The fourth-order valence-electron chi connectivity index (χ4n) is 2.17. The molecule has 1 atom stereocenters. The average molecular weight is 297 g/mol. The van der Waals surface area contributed by atoms with Gasteiger partial charge in [-0.1, -0.05) is 6.92 Å². The van der Waals surface area contributed by atoms with Crippen LogP contribution in [0, 0.1) is 0 Å². The third kappa shape index (κ3) is 5.81. The maximum atomic E-state index is 9.43. The lowest BCUT2D eigenvalue weighted by molar-refractivity contribution is 0.158. The summed E-state index contributed by atoms with van der Waals surface area (Å²) < 4.78 is 16.1. The first-order valence-electron chi connectivity index (χ1n) is 7.28. The lowest BCUT2D eigenvalue weighted by Gasteiger charge is -2.28. The normalized spacial score (nSPS) is 13.6. The van der Waals surface area contributed by atoms with Gasteiger partial charge in [0, 0.05) is 23.7 Å². The first-order valence-corrected chi connectivity index (χ1v) is 7.28. The summed E-state index contributed by atoms with van der Waals surface area (Å²) >= 11 is 0. The summed E-state index contributed by atoms with van der Waals surface area (Å²) in [5, 5.41) is 12.7. The molecule has 0 amide bonds. The van der Waals surface area contributed by atoms with Gasteiger partial charge in [-0.05, 0) is 26.3 Å². The smallest absolute Gasteiger partial charge is 0.126 e. The molecule has 0 fully saturated rings. The fraction of sp³-hybridized carbons (Fsp3) is 0.625. The molecular formula is C16H27NO4. The van der Waals surface area contributed by atoms with Crippen molar-refractivity contribution in [3.05, 3.63) is 18.2 Å². The molecule has 0 aromatic heterocycles. The van der Waals surface area contributed by atoms with Gasteiger partial charge in [0.05, 0.1) is 27.4 Å². The first kappa shape index (κ1) is 17.6. The summed E-state index contributed by atoms with van der Waals surface area (Å²) in [5.74, 6) is 2.13. The van der Waals surface area contributed by atoms with Gasteiger partial charge in [0.25, 0.3) is 0 Å². The number of aliphatic hydroxyl groups is 1. The molecule has 0 spiro atoms. The lowest BCUT2D eigenvalue weighted by Crippen LogP contribution is -2.45. The highest BCUT2D eigenvalue weighted by atomic mass is 16.5. The number of ether oxygens (including phenoxy) is 3. The SMILES string of the molecule is CCNC(C)(CO)CCCOc1cc(OC)cc(OC)c1. The van der Waals surface area contributed by atoms with Crippen molar-refractivity contribution in [1.29, 1.82) is 0 Å². The van der Waals surface area contributed by atoms with Crippen molar-refractivity contribution in [3.63, 3.8) is 0 Å². The molecule has 0 saturated heterocycles. The highest BCUT2D eigenvalue weighted by Gasteiger charge is 2.21. The molecule has 1 aromatic rings. The molecule has 5 nitrogen and oxygen atoms in total. The Balaban J connectivity index is 2.48. The zero-order valence-corrected chi connectivity index (χ0v) is 13.4. The number of aliphatic hydroxyl groups excluding tert-OH is 1. The van der Waals surface area contributed by atoms with Crippen LogP contribution in [0.15, 0.2) is 18.2 Å². The second kappa shape index (κ2) is 8.74. The predicted molar refractivity (Wildman–Crippen MR) is 83.4 cm³/mol. The van der Waals surface area contributed by atoms with Crippen LogP contribution in [0.2, 0.25) is 0 Å². The fourth-order valence-corrected chi connectivity index (χ4v) is 2.17. The van der Waals surface area contributed by atoms with Crippen LogP contribution in [0.3, 0.4) is 0 Å². The van der Waals surface area contributed by atoms with Crippen molar-refractivity contribution in [1.82, 2.24) is 5.32 Å². The third-order valence-electron chi connectivity index (χ3n) is 3.42. The largest absolute Gasteiger partial charge is 0.496 e. The van der Waals surface area contributed by atoms with Crippen LogP contribution in [0.5, 0.6) is 17.2 Å². The highest BCUT2D eigenvalue weighted by Crippen LogP contribution is 2.27. The predicted octanol–water partition coefficient (Wildman–Crippen LogP) is 2.22. The summed E-state index contributed by atoms with van der Waals surface area (Å²) in [4.78, 5) is 0. The van der Waals surface area contributed by atoms with E-state index in [0.717, 1.165) is 25.1 Å². The Labute approximate surface area is 127 Å². The number of nitrogens with one attached hydrogen (secondary N) is 1. The van der Waals surface area contributed by atoms with E-state index in [9.17, 15) is 5.11 Å². The van der Waals surface area contributed by atoms with E-state index in [2.05, 4.69) is 5.32 Å². The molecular weight excluding hydrogens is 270 g/mol. The van der Waals surface area contributed by atoms with E-state index in [1.807, 2.05) is 26.0 Å². The molecule has 0 heterocycles. The van der Waals surface area contributed by atoms with Gasteiger partial charge in [0.2, 0.25) is 0 Å². The molecule has 2 N–H and O–H groups in total. The standard InChI is InChI=1S/C16H27NO4/c1-5-17-16(2,12-18)7-6-8-21-15-10-13(19-3)9-14(11-15)20-4/h9-11,17-18H,5-8,12H2,1-4H3. The van der Waals surface area contributed by atoms with Crippen molar-refractivity contribution >= 4 is 0 Å². The first-order chi connectivity index (χ1) is 10.1. The monoisotopic (exact) mass is 297 g/mol. The molecule has 0 bridgehead atoms. The van der Waals surface area contributed by atoms with Crippen molar-refractivity contribution in [2.75, 3.05) is 34.0 Å². The number of rotatable bonds is 10. The van der Waals surface area contributed by atoms with Gasteiger partial charge in [-0.3, -0.25) is 0 Å². The van der Waals surface area contributed by atoms with Crippen molar-refractivity contribution in [3.8, 4) is 17.2 Å². The van der Waals surface area contributed by atoms with E-state index in [1.54, 1.807) is 20.3 Å². The Bertz CT molecular complexity index is 402. The molecule has 0 aliphatic rings. The molecule has 1 unspecified atom stereocenters. The second-order valence-electron chi connectivity index (χ2n) is 5.25. The van der Waals surface area contributed by atoms with Crippen molar-refractivity contribution in [2.24, 2.45) is 0 Å². The van der Waals surface area contributed by atoms with Crippen LogP contribution in [-0.4, -0.2) is 44.6 Å². The van der Waals surface area contributed by atoms with Crippen molar-refractivity contribution in [2.45, 2.75) is 32.2 Å². The Morgan fingerprint density at radius 3 is 2.14 bits per heavy atom. The van der Waals surface area contributed by atoms with Gasteiger partial charge in [0.15, 0.2) is 0 Å². The molecule has 5 heteroatoms. The van der Waals surface area contributed by atoms with E-state index in [4.69, 9.17) is 14.2 Å². The summed E-state index contributed by atoms with van der Waals surface area (Å²) in [6, 6.07) is 5.47. The van der Waals surface area contributed by atoms with Gasteiger partial charge in [-0.15, -0.1) is 0 Å². The zero-order chi connectivity index (χ0) is 15.7. The molecule has 21 heavy (non-hydrogen) atoms. The van der Waals surface area contributed by atoms with Gasteiger partial charge in [-0.25, -0.2) is 0 Å². The maximum Gasteiger partial charge on any atom is 0.126 e. The van der Waals surface area contributed by atoms with Crippen molar-refractivity contribution < 1.29 is 19.3 Å². The number of methoxy groups -OCH3 is 2. The van der Waals surface area contributed by atoms with E-state index in [0.29, 0.717) is 18.1 Å². The molecule has 0 aliphatic heterocycles. The maximum absolute atomic E-state index is 9.43. The minimum atomic E-state index is -0.246. The molecule has 0 radical (unpaired) electrons. The number of hydrogen-bond acceptors (Lipinski definition) is 5. The van der Waals surface area contributed by atoms with Crippen LogP contribution in [0.4, 0.5) is 0 Å². The second-order valence-corrected chi connectivity index (χ2v) is 5.25. The summed E-state index contributed by atoms with van der Waals surface area (Å²) in [5.41, 5.74) is -0.246. The van der Waals surface area contributed by atoms with E-state index < -0.39 is 0 Å². The van der Waals surface area contributed by atoms with Crippen LogP contribution in [0.1, 0.15) is 26.7 Å². The Kier molecular flexibility index (Phi) is 7.32. The van der Waals surface area contributed by atoms with Crippen LogP contribution >= 0.6 is 0 Å². The lowest BCUT2D eigenvalue weighted by atomic mass is 9.97. The van der Waals surface area contributed by atoms with Crippen LogP contribution in [0.25, 0.3) is 0 Å². The molecule has 0 aliphatic carbocycles. The molecule has 120 valence electrons. The minimum Gasteiger partial charge on any atom is -0.496 e. The van der Waals surface area contributed by atoms with Gasteiger partial charge in [-0.2, -0.15) is 0 Å². The van der Waals surface area contributed by atoms with E-state index >= 15 is 0 Å². The minimum absolute atomic E-state index is 0.119. The number of benzene rings is 1. The summed E-state index contributed by atoms with van der Waals surface area (Å²) in [6.45, 7) is 5.59. The van der Waals surface area contributed by atoms with Gasteiger partial charge in [0.1, 0.15) is 17.2 Å². The Hall–Kier alpha value is -1.46.